The fraction of sp³-hybridized carbons (Fsp3) is 0.458. The van der Waals surface area contributed by atoms with Crippen molar-refractivity contribution < 1.29 is 14.3 Å². The van der Waals surface area contributed by atoms with Gasteiger partial charge in [-0.2, -0.15) is 0 Å². The predicted octanol–water partition coefficient (Wildman–Crippen LogP) is 5.37. The molecule has 0 amide bonds. The number of methoxy groups -OCH3 is 1. The molecule has 6 rings (SSSR count). The van der Waals surface area contributed by atoms with Gasteiger partial charge in [0, 0.05) is 12.3 Å². The Balaban J connectivity index is 1.59. The lowest BCUT2D eigenvalue weighted by atomic mass is 9.46. The minimum absolute atomic E-state index is 0.146. The molecule has 4 aliphatic rings. The van der Waals surface area contributed by atoms with Crippen LogP contribution in [-0.4, -0.2) is 13.1 Å². The van der Waals surface area contributed by atoms with Crippen molar-refractivity contribution in [1.29, 1.82) is 0 Å². The van der Waals surface area contributed by atoms with E-state index < -0.39 is 0 Å². The van der Waals surface area contributed by atoms with Crippen LogP contribution in [0, 0.1) is 17.8 Å². The minimum atomic E-state index is -0.283. The maximum Gasteiger partial charge on any atom is 0.308 e. The van der Waals surface area contributed by atoms with Crippen molar-refractivity contribution in [3.63, 3.8) is 0 Å². The van der Waals surface area contributed by atoms with Gasteiger partial charge in [0.15, 0.2) is 0 Å². The van der Waals surface area contributed by atoms with Crippen molar-refractivity contribution in [3.05, 3.63) is 53.8 Å². The Kier molecular flexibility index (Phi) is 3.82. The van der Waals surface area contributed by atoms with E-state index in [4.69, 9.17) is 9.47 Å². The molecule has 2 aromatic carbocycles. The first-order chi connectivity index (χ1) is 13.1. The van der Waals surface area contributed by atoms with E-state index in [-0.39, 0.29) is 11.4 Å². The summed E-state index contributed by atoms with van der Waals surface area (Å²) in [5, 5.41) is 2.32. The molecule has 3 heteroatoms. The van der Waals surface area contributed by atoms with E-state index in [2.05, 4.69) is 30.5 Å². The van der Waals surface area contributed by atoms with Gasteiger partial charge in [-0.05, 0) is 83.9 Å². The average Bonchev–Trinajstić information content (AvgIpc) is 2.63. The first-order valence-corrected chi connectivity index (χ1v) is 10.0. The molecule has 0 spiro atoms. The summed E-state index contributed by atoms with van der Waals surface area (Å²) >= 11 is 0. The Hall–Kier alpha value is -2.29. The summed E-state index contributed by atoms with van der Waals surface area (Å²) in [5.41, 5.74) is 3.10. The fourth-order valence-electron chi connectivity index (χ4n) is 6.34. The van der Waals surface area contributed by atoms with Gasteiger partial charge in [-0.3, -0.25) is 4.79 Å². The van der Waals surface area contributed by atoms with Crippen LogP contribution in [0.25, 0.3) is 10.8 Å². The third-order valence-electron chi connectivity index (χ3n) is 7.04. The number of carbonyl (C=O) groups is 1. The van der Waals surface area contributed by atoms with E-state index in [0.29, 0.717) is 11.7 Å². The largest absolute Gasteiger partial charge is 0.504 e. The maximum atomic E-state index is 11.2. The molecule has 0 radical (unpaired) electrons. The molecule has 0 aromatic heterocycles. The number of carbonyl (C=O) groups excluding carboxylic acids is 1. The van der Waals surface area contributed by atoms with Gasteiger partial charge in [-0.1, -0.05) is 24.3 Å². The average molecular weight is 362 g/mol. The molecule has 4 aliphatic carbocycles. The van der Waals surface area contributed by atoms with Crippen molar-refractivity contribution in [2.45, 2.75) is 44.4 Å². The molecule has 0 heterocycles. The summed E-state index contributed by atoms with van der Waals surface area (Å²) in [6.07, 6.45) is 8.66. The monoisotopic (exact) mass is 362 g/mol. The highest BCUT2D eigenvalue weighted by atomic mass is 16.5. The number of benzene rings is 2. The van der Waals surface area contributed by atoms with Crippen molar-refractivity contribution in [2.24, 2.45) is 17.8 Å². The predicted molar refractivity (Wildman–Crippen MR) is 106 cm³/mol. The molecule has 0 saturated heterocycles. The Morgan fingerprint density at radius 3 is 2.44 bits per heavy atom. The molecule has 0 N–H and O–H groups in total. The molecular formula is C24H26O3. The fourth-order valence-corrected chi connectivity index (χ4v) is 6.34. The van der Waals surface area contributed by atoms with Crippen LogP contribution in [0.2, 0.25) is 0 Å². The zero-order valence-corrected chi connectivity index (χ0v) is 16.0. The van der Waals surface area contributed by atoms with Gasteiger partial charge < -0.3 is 9.47 Å². The highest BCUT2D eigenvalue weighted by Crippen LogP contribution is 2.63. The van der Waals surface area contributed by atoms with Crippen LogP contribution in [0.4, 0.5) is 0 Å². The zero-order chi connectivity index (χ0) is 18.6. The number of rotatable bonds is 3. The number of esters is 1. The summed E-state index contributed by atoms with van der Waals surface area (Å²) in [4.78, 5) is 11.2. The second-order valence-electron chi connectivity index (χ2n) is 8.75. The summed E-state index contributed by atoms with van der Waals surface area (Å²) in [6, 6.07) is 12.7. The molecule has 2 unspecified atom stereocenters. The molecule has 4 saturated carbocycles. The molecule has 4 bridgehead atoms. The van der Waals surface area contributed by atoms with Crippen LogP contribution in [0.15, 0.2) is 48.2 Å². The van der Waals surface area contributed by atoms with Crippen molar-refractivity contribution in [2.75, 3.05) is 7.11 Å². The number of hydrogen-bond donors (Lipinski definition) is 0. The first kappa shape index (κ1) is 16.9. The lowest BCUT2D eigenvalue weighted by Gasteiger charge is -2.58. The Labute approximate surface area is 160 Å². The molecule has 27 heavy (non-hydrogen) atoms. The van der Waals surface area contributed by atoms with Gasteiger partial charge in [0.1, 0.15) is 5.75 Å². The normalized spacial score (nSPS) is 32.8. The van der Waals surface area contributed by atoms with Crippen molar-refractivity contribution in [1.82, 2.24) is 0 Å². The van der Waals surface area contributed by atoms with Gasteiger partial charge in [0.25, 0.3) is 0 Å². The van der Waals surface area contributed by atoms with Crippen molar-refractivity contribution >= 4 is 16.7 Å². The Morgan fingerprint density at radius 2 is 1.74 bits per heavy atom. The minimum Gasteiger partial charge on any atom is -0.504 e. The second-order valence-corrected chi connectivity index (χ2v) is 8.75. The van der Waals surface area contributed by atoms with Gasteiger partial charge in [-0.25, -0.2) is 0 Å². The Morgan fingerprint density at radius 1 is 1.04 bits per heavy atom. The standard InChI is InChI=1S/C24H26O3/c1-15(25)27-22-6-4-18-10-21(5-3-19(18)11-22)24-12-16-7-17(13-24)9-20(8-16)23(24)14-26-2/h3-6,10-11,14,16-17,20H,7-9,12-13H2,1-2H3. The summed E-state index contributed by atoms with van der Waals surface area (Å²) in [5.74, 6) is 2.74. The van der Waals surface area contributed by atoms with E-state index in [9.17, 15) is 4.79 Å². The molecule has 2 aromatic rings. The van der Waals surface area contributed by atoms with Crippen LogP contribution < -0.4 is 4.74 Å². The summed E-state index contributed by atoms with van der Waals surface area (Å²) in [7, 11) is 1.78. The zero-order valence-electron chi connectivity index (χ0n) is 16.0. The highest BCUT2D eigenvalue weighted by Gasteiger charge is 2.55. The van der Waals surface area contributed by atoms with Gasteiger partial charge in [0.05, 0.1) is 13.4 Å². The van der Waals surface area contributed by atoms with E-state index in [1.54, 1.807) is 7.11 Å². The second kappa shape index (κ2) is 6.12. The number of ether oxygens (including phenoxy) is 2. The first-order valence-electron chi connectivity index (χ1n) is 10.0. The van der Waals surface area contributed by atoms with Gasteiger partial charge in [-0.15, -0.1) is 0 Å². The quantitative estimate of drug-likeness (QED) is 0.418. The van der Waals surface area contributed by atoms with E-state index >= 15 is 0 Å². The van der Waals surface area contributed by atoms with Crippen LogP contribution in [0.3, 0.4) is 0 Å². The number of hydrogen-bond acceptors (Lipinski definition) is 3. The molecule has 4 fully saturated rings. The lowest BCUT2D eigenvalue weighted by Crippen LogP contribution is -2.50. The van der Waals surface area contributed by atoms with Crippen LogP contribution in [-0.2, 0) is 14.9 Å². The molecule has 0 aliphatic heterocycles. The van der Waals surface area contributed by atoms with Gasteiger partial charge >= 0.3 is 5.97 Å². The summed E-state index contributed by atoms with van der Waals surface area (Å²) in [6.45, 7) is 1.43. The van der Waals surface area contributed by atoms with Crippen LogP contribution >= 0.6 is 0 Å². The highest BCUT2D eigenvalue weighted by molar-refractivity contribution is 5.85. The third kappa shape index (κ3) is 2.67. The number of allylic oxidation sites excluding steroid dienone is 1. The Bertz CT molecular complexity index is 928. The molecular weight excluding hydrogens is 336 g/mol. The van der Waals surface area contributed by atoms with E-state index in [0.717, 1.165) is 17.2 Å². The SMILES string of the molecule is COC=C1C2CC3CC(C2)CC1(c1ccc2cc(OC(C)=O)ccc2c1)C3. The number of fused-ring (bicyclic) bond motifs is 1. The van der Waals surface area contributed by atoms with E-state index in [1.165, 1.54) is 55.6 Å². The molecule has 140 valence electrons. The van der Waals surface area contributed by atoms with Crippen molar-refractivity contribution in [3.8, 4) is 5.75 Å². The third-order valence-corrected chi connectivity index (χ3v) is 7.04. The topological polar surface area (TPSA) is 35.5 Å². The summed E-state index contributed by atoms with van der Waals surface area (Å²) < 4.78 is 10.8. The smallest absolute Gasteiger partial charge is 0.308 e. The van der Waals surface area contributed by atoms with E-state index in [1.807, 2.05) is 12.1 Å². The molecule has 2 atom stereocenters. The lowest BCUT2D eigenvalue weighted by molar-refractivity contribution is -0.131. The van der Waals surface area contributed by atoms with Crippen LogP contribution in [0.1, 0.15) is 44.6 Å². The molecule has 3 nitrogen and oxygen atoms in total. The van der Waals surface area contributed by atoms with Gasteiger partial charge in [0.2, 0.25) is 0 Å². The maximum absolute atomic E-state index is 11.2. The van der Waals surface area contributed by atoms with Crippen LogP contribution in [0.5, 0.6) is 5.75 Å².